The van der Waals surface area contributed by atoms with E-state index in [0.29, 0.717) is 0 Å². The number of halogens is 1. The van der Waals surface area contributed by atoms with Crippen LogP contribution in [-0.4, -0.2) is 17.7 Å². The molecule has 17 heavy (non-hydrogen) atoms. The largest absolute Gasteiger partial charge is 0.477 e. The molecule has 0 unspecified atom stereocenters. The number of hydrogen-bond acceptors (Lipinski definition) is 3. The van der Waals surface area contributed by atoms with E-state index >= 15 is 0 Å². The highest BCUT2D eigenvalue weighted by Crippen LogP contribution is 2.04. The molecule has 0 saturated carbocycles. The van der Waals surface area contributed by atoms with Gasteiger partial charge >= 0.3 is 5.97 Å². The Labute approximate surface area is 98.0 Å². The zero-order valence-corrected chi connectivity index (χ0v) is 9.02. The summed E-state index contributed by atoms with van der Waals surface area (Å²) in [7, 11) is 0. The lowest BCUT2D eigenvalue weighted by atomic mass is 10.2. The first-order valence-corrected chi connectivity index (χ1v) is 4.81. The lowest BCUT2D eigenvalue weighted by Crippen LogP contribution is -2.19. The van der Waals surface area contributed by atoms with Crippen LogP contribution in [0.5, 0.6) is 0 Å². The van der Waals surface area contributed by atoms with E-state index in [1.165, 1.54) is 12.1 Å². The average molecular weight is 237 g/mol. The highest BCUT2D eigenvalue weighted by Gasteiger charge is 2.00. The first kappa shape index (κ1) is 12.9. The van der Waals surface area contributed by atoms with Gasteiger partial charge in [-0.3, -0.25) is 10.3 Å². The van der Waals surface area contributed by atoms with Crippen LogP contribution in [0.15, 0.2) is 42.6 Å². The Morgan fingerprint density at radius 1 is 1.47 bits per heavy atom. The van der Waals surface area contributed by atoms with Crippen LogP contribution in [0.25, 0.3) is 6.08 Å². The molecule has 0 aromatic heterocycles. The van der Waals surface area contributed by atoms with E-state index in [0.717, 1.165) is 5.56 Å². The molecule has 0 aliphatic carbocycles. The minimum absolute atomic E-state index is 0.170. The zero-order chi connectivity index (χ0) is 12.7. The number of hydrogen-bond donors (Lipinski definition) is 2. The van der Waals surface area contributed by atoms with Crippen molar-refractivity contribution in [3.8, 4) is 0 Å². The Morgan fingerprint density at radius 3 is 2.71 bits per heavy atom. The van der Waals surface area contributed by atoms with Gasteiger partial charge in [-0.15, -0.1) is 0 Å². The predicted molar refractivity (Wildman–Crippen MR) is 61.3 cm³/mol. The van der Waals surface area contributed by atoms with Crippen LogP contribution in [0, 0.1) is 5.82 Å². The molecule has 0 bridgehead atoms. The van der Waals surface area contributed by atoms with E-state index in [4.69, 9.17) is 9.94 Å². The lowest BCUT2D eigenvalue weighted by molar-refractivity contribution is -0.134. The maximum atomic E-state index is 12.6. The minimum Gasteiger partial charge on any atom is -0.477 e. The number of carboxylic acids is 1. The number of benzene rings is 1. The summed E-state index contributed by atoms with van der Waals surface area (Å²) in [6.07, 6.45) is 3.39. The maximum absolute atomic E-state index is 12.6. The molecule has 4 nitrogen and oxygen atoms in total. The van der Waals surface area contributed by atoms with Crippen LogP contribution in [0.3, 0.4) is 0 Å². The van der Waals surface area contributed by atoms with Gasteiger partial charge in [0.2, 0.25) is 0 Å². The topological polar surface area (TPSA) is 58.6 Å². The van der Waals surface area contributed by atoms with Gasteiger partial charge in [0.25, 0.3) is 0 Å². The van der Waals surface area contributed by atoms with Crippen molar-refractivity contribution < 1.29 is 19.1 Å². The highest BCUT2D eigenvalue weighted by molar-refractivity contribution is 5.84. The molecular weight excluding hydrogens is 225 g/mol. The van der Waals surface area contributed by atoms with Crippen LogP contribution in [0.2, 0.25) is 0 Å². The Kier molecular flexibility index (Phi) is 4.90. The van der Waals surface area contributed by atoms with Crippen molar-refractivity contribution in [3.05, 3.63) is 54.0 Å². The standard InChI is InChI=1S/C12H12FNO3/c1-9(12(15)16)14-17-8-2-3-10-4-6-11(13)7-5-10/h2-7,14H,1,8H2,(H,15,16). The molecule has 90 valence electrons. The van der Waals surface area contributed by atoms with Gasteiger partial charge in [-0.05, 0) is 17.7 Å². The average Bonchev–Trinajstić information content (AvgIpc) is 2.30. The van der Waals surface area contributed by atoms with Crippen molar-refractivity contribution in [1.29, 1.82) is 0 Å². The van der Waals surface area contributed by atoms with Crippen LogP contribution >= 0.6 is 0 Å². The summed E-state index contributed by atoms with van der Waals surface area (Å²) >= 11 is 0. The summed E-state index contributed by atoms with van der Waals surface area (Å²) in [4.78, 5) is 15.1. The Balaban J connectivity index is 2.29. The molecule has 0 spiro atoms. The number of carboxylic acid groups (broad SMARTS) is 1. The van der Waals surface area contributed by atoms with E-state index in [1.54, 1.807) is 24.3 Å². The van der Waals surface area contributed by atoms with Crippen molar-refractivity contribution in [3.63, 3.8) is 0 Å². The number of hydroxylamine groups is 1. The molecule has 1 aromatic carbocycles. The van der Waals surface area contributed by atoms with E-state index in [1.807, 2.05) is 0 Å². The summed E-state index contributed by atoms with van der Waals surface area (Å²) in [6.45, 7) is 3.39. The van der Waals surface area contributed by atoms with E-state index in [-0.39, 0.29) is 18.1 Å². The fourth-order valence-electron chi connectivity index (χ4n) is 0.979. The minimum atomic E-state index is -1.17. The maximum Gasteiger partial charge on any atom is 0.353 e. The lowest BCUT2D eigenvalue weighted by Gasteiger charge is -2.02. The van der Waals surface area contributed by atoms with Crippen molar-refractivity contribution in [2.45, 2.75) is 0 Å². The molecule has 1 aromatic rings. The van der Waals surface area contributed by atoms with Crippen molar-refractivity contribution >= 4 is 12.0 Å². The van der Waals surface area contributed by atoms with Crippen molar-refractivity contribution in [1.82, 2.24) is 5.48 Å². The smallest absolute Gasteiger partial charge is 0.353 e. The molecular formula is C12H12FNO3. The molecule has 1 rings (SSSR count). The second-order valence-corrected chi connectivity index (χ2v) is 3.15. The molecule has 0 aliphatic rings. The third-order valence-electron chi connectivity index (χ3n) is 1.81. The third kappa shape index (κ3) is 4.94. The first-order chi connectivity index (χ1) is 8.09. The van der Waals surface area contributed by atoms with Crippen LogP contribution in [0.4, 0.5) is 4.39 Å². The van der Waals surface area contributed by atoms with Gasteiger partial charge in [0.05, 0.1) is 6.61 Å². The van der Waals surface area contributed by atoms with Crippen LogP contribution in [-0.2, 0) is 9.63 Å². The molecule has 0 fully saturated rings. The van der Waals surface area contributed by atoms with Crippen LogP contribution < -0.4 is 5.48 Å². The predicted octanol–water partition coefficient (Wildman–Crippen LogP) is 1.96. The van der Waals surface area contributed by atoms with E-state index < -0.39 is 5.97 Å². The molecule has 0 heterocycles. The van der Waals surface area contributed by atoms with Gasteiger partial charge in [0, 0.05) is 0 Å². The van der Waals surface area contributed by atoms with Gasteiger partial charge in [0.1, 0.15) is 11.5 Å². The van der Waals surface area contributed by atoms with E-state index in [9.17, 15) is 9.18 Å². The zero-order valence-electron chi connectivity index (χ0n) is 9.02. The van der Waals surface area contributed by atoms with E-state index in [2.05, 4.69) is 12.1 Å². The van der Waals surface area contributed by atoms with Gasteiger partial charge in [-0.25, -0.2) is 9.18 Å². The van der Waals surface area contributed by atoms with Crippen LogP contribution in [0.1, 0.15) is 5.56 Å². The fraction of sp³-hybridized carbons (Fsp3) is 0.0833. The normalized spacial score (nSPS) is 10.4. The molecule has 5 heteroatoms. The summed E-state index contributed by atoms with van der Waals surface area (Å²) in [5.41, 5.74) is 2.76. The van der Waals surface area contributed by atoms with Crippen molar-refractivity contribution in [2.24, 2.45) is 0 Å². The first-order valence-electron chi connectivity index (χ1n) is 4.81. The molecule has 0 aliphatic heterocycles. The quantitative estimate of drug-likeness (QED) is 0.451. The van der Waals surface area contributed by atoms with Crippen molar-refractivity contribution in [2.75, 3.05) is 6.61 Å². The van der Waals surface area contributed by atoms with Gasteiger partial charge in [-0.2, -0.15) is 0 Å². The molecule has 0 radical (unpaired) electrons. The SMILES string of the molecule is C=C(NOCC=Cc1ccc(F)cc1)C(=O)O. The number of nitrogens with one attached hydrogen (secondary N) is 1. The fourth-order valence-corrected chi connectivity index (χ4v) is 0.979. The Bertz CT molecular complexity index is 426. The summed E-state index contributed by atoms with van der Waals surface area (Å²) in [6, 6.07) is 5.95. The Hall–Kier alpha value is -2.14. The summed E-state index contributed by atoms with van der Waals surface area (Å²) in [5.74, 6) is -1.47. The van der Waals surface area contributed by atoms with Gasteiger partial charge in [0.15, 0.2) is 0 Å². The van der Waals surface area contributed by atoms with Gasteiger partial charge in [-0.1, -0.05) is 30.9 Å². The Morgan fingerprint density at radius 2 is 2.12 bits per heavy atom. The number of aliphatic carboxylic acids is 1. The second-order valence-electron chi connectivity index (χ2n) is 3.15. The monoisotopic (exact) mass is 237 g/mol. The number of rotatable bonds is 6. The molecule has 0 amide bonds. The van der Waals surface area contributed by atoms with Gasteiger partial charge < -0.3 is 5.11 Å². The molecule has 0 saturated heterocycles. The number of carbonyl (C=O) groups is 1. The highest BCUT2D eigenvalue weighted by atomic mass is 19.1. The summed E-state index contributed by atoms with van der Waals surface area (Å²) < 4.78 is 12.6. The molecule has 2 N–H and O–H groups in total. The summed E-state index contributed by atoms with van der Waals surface area (Å²) in [5, 5.41) is 8.45. The second kappa shape index (κ2) is 6.44. The third-order valence-corrected chi connectivity index (χ3v) is 1.81. The molecule has 0 atom stereocenters.